The highest BCUT2D eigenvalue weighted by molar-refractivity contribution is 6.07. The molecule has 2 aliphatic rings. The number of pyridine rings is 2. The lowest BCUT2D eigenvalue weighted by Gasteiger charge is -2.49. The first-order valence-electron chi connectivity index (χ1n) is 15.4. The Kier molecular flexibility index (Phi) is 5.54. The van der Waals surface area contributed by atoms with Gasteiger partial charge in [0, 0.05) is 34.5 Å². The van der Waals surface area contributed by atoms with Crippen LogP contribution >= 0.6 is 0 Å². The van der Waals surface area contributed by atoms with Gasteiger partial charge in [-0.25, -0.2) is 4.57 Å². The number of fused-ring (bicyclic) bond motifs is 7. The molecule has 2 aliphatic carbocycles. The molecule has 0 radical (unpaired) electrons. The van der Waals surface area contributed by atoms with E-state index in [-0.39, 0.29) is 10.8 Å². The zero-order valence-corrected chi connectivity index (χ0v) is 25.0. The van der Waals surface area contributed by atoms with Crippen LogP contribution in [0.4, 0.5) is 0 Å². The highest BCUT2D eigenvalue weighted by atomic mass is 16.3. The highest BCUT2D eigenvalue weighted by Gasteiger charge is 2.47. The zero-order chi connectivity index (χ0) is 28.6. The quantitative estimate of drug-likeness (QED) is 0.201. The largest absolute Gasteiger partial charge is 0.453 e. The minimum atomic E-state index is -0.0243. The van der Waals surface area contributed by atoms with Crippen LogP contribution in [-0.4, -0.2) is 4.98 Å². The van der Waals surface area contributed by atoms with Crippen molar-refractivity contribution in [3.63, 3.8) is 0 Å². The molecule has 3 nitrogen and oxygen atoms in total. The molecule has 0 aliphatic heterocycles. The van der Waals surface area contributed by atoms with E-state index in [1.807, 2.05) is 18.3 Å². The summed E-state index contributed by atoms with van der Waals surface area (Å²) in [5.41, 5.74) is 14.8. The molecule has 0 N–H and O–H groups in total. The fourth-order valence-electron chi connectivity index (χ4n) is 8.17. The Morgan fingerprint density at radius 2 is 1.52 bits per heavy atom. The minimum Gasteiger partial charge on any atom is -0.453 e. The summed E-state index contributed by atoms with van der Waals surface area (Å²) in [5.74, 6) is 0. The van der Waals surface area contributed by atoms with Crippen LogP contribution in [0.3, 0.4) is 0 Å². The molecule has 0 unspecified atom stereocenters. The van der Waals surface area contributed by atoms with E-state index in [9.17, 15) is 0 Å². The van der Waals surface area contributed by atoms with Gasteiger partial charge < -0.3 is 4.42 Å². The minimum absolute atomic E-state index is 0.0243. The third kappa shape index (κ3) is 3.52. The first-order chi connectivity index (χ1) is 20.4. The monoisotopic (exact) mass is 549 g/mol. The van der Waals surface area contributed by atoms with Crippen molar-refractivity contribution in [1.29, 1.82) is 0 Å². The van der Waals surface area contributed by atoms with Gasteiger partial charge in [-0.15, -0.1) is 0 Å². The van der Waals surface area contributed by atoms with E-state index in [2.05, 4.69) is 110 Å². The third-order valence-electron chi connectivity index (χ3n) is 10.4. The van der Waals surface area contributed by atoms with E-state index in [0.717, 1.165) is 33.3 Å². The molecular weight excluding hydrogens is 512 g/mol. The maximum atomic E-state index is 6.45. The lowest BCUT2D eigenvalue weighted by Crippen LogP contribution is -2.41. The normalized spacial score (nSPS) is 17.0. The van der Waals surface area contributed by atoms with E-state index < -0.39 is 0 Å². The Hall–Kier alpha value is -4.24. The van der Waals surface area contributed by atoms with Gasteiger partial charge in [-0.2, -0.15) is 0 Å². The van der Waals surface area contributed by atoms with E-state index in [4.69, 9.17) is 4.42 Å². The summed E-state index contributed by atoms with van der Waals surface area (Å²) in [6.07, 6.45) is 10.4. The number of rotatable bonds is 2. The number of nitrogens with zero attached hydrogens (tertiary/aromatic N) is 2. The average Bonchev–Trinajstić information content (AvgIpc) is 3.40. The summed E-state index contributed by atoms with van der Waals surface area (Å²) < 4.78 is 8.66. The van der Waals surface area contributed by atoms with Crippen LogP contribution in [0, 0.1) is 6.92 Å². The molecule has 3 heteroatoms. The molecule has 1 saturated carbocycles. The van der Waals surface area contributed by atoms with Crippen LogP contribution in [0.1, 0.15) is 73.8 Å². The Morgan fingerprint density at radius 1 is 0.762 bits per heavy atom. The maximum Gasteiger partial charge on any atom is 0.216 e. The fraction of sp³-hybridized carbons (Fsp3) is 0.282. The van der Waals surface area contributed by atoms with Crippen LogP contribution in [0.5, 0.6) is 0 Å². The molecule has 0 amide bonds. The van der Waals surface area contributed by atoms with Gasteiger partial charge in [-0.1, -0.05) is 75.6 Å². The molecular formula is C39H37N2O+. The van der Waals surface area contributed by atoms with E-state index >= 15 is 0 Å². The second-order valence-electron chi connectivity index (χ2n) is 13.1. The van der Waals surface area contributed by atoms with Crippen LogP contribution in [0.15, 0.2) is 95.7 Å². The number of aryl methyl sites for hydroxylation is 2. The zero-order valence-electron chi connectivity index (χ0n) is 25.0. The van der Waals surface area contributed by atoms with Gasteiger partial charge in [0.25, 0.3) is 0 Å². The summed E-state index contributed by atoms with van der Waals surface area (Å²) in [5, 5.41) is 1.06. The molecule has 3 aromatic carbocycles. The third-order valence-corrected chi connectivity index (χ3v) is 10.4. The fourth-order valence-corrected chi connectivity index (χ4v) is 8.17. The van der Waals surface area contributed by atoms with E-state index in [1.165, 1.54) is 59.9 Å². The lowest BCUT2D eigenvalue weighted by atomic mass is 9.54. The summed E-state index contributed by atoms with van der Waals surface area (Å²) in [4.78, 5) is 4.63. The number of hydrogen-bond acceptors (Lipinski definition) is 2. The number of furan rings is 1. The van der Waals surface area contributed by atoms with Crippen LogP contribution in [0.25, 0.3) is 44.5 Å². The lowest BCUT2D eigenvalue weighted by molar-refractivity contribution is -0.660. The van der Waals surface area contributed by atoms with Gasteiger partial charge in [0.05, 0.1) is 5.56 Å². The van der Waals surface area contributed by atoms with Crippen molar-refractivity contribution >= 4 is 22.1 Å². The van der Waals surface area contributed by atoms with Crippen molar-refractivity contribution in [2.45, 2.75) is 63.7 Å². The number of benzene rings is 3. The molecule has 208 valence electrons. The van der Waals surface area contributed by atoms with Crippen LogP contribution in [0.2, 0.25) is 0 Å². The molecule has 3 aromatic heterocycles. The molecule has 0 saturated heterocycles. The predicted molar refractivity (Wildman–Crippen MR) is 171 cm³/mol. The van der Waals surface area contributed by atoms with E-state index in [0.29, 0.717) is 0 Å². The first kappa shape index (κ1) is 25.5. The summed E-state index contributed by atoms with van der Waals surface area (Å²) >= 11 is 0. The molecule has 3 heterocycles. The maximum absolute atomic E-state index is 6.45. The Balaban J connectivity index is 1.33. The van der Waals surface area contributed by atoms with Crippen molar-refractivity contribution in [3.8, 4) is 22.4 Å². The smallest absolute Gasteiger partial charge is 0.216 e. The summed E-state index contributed by atoms with van der Waals surface area (Å²) in [6.45, 7) is 6.99. The van der Waals surface area contributed by atoms with Crippen molar-refractivity contribution < 1.29 is 8.98 Å². The van der Waals surface area contributed by atoms with Gasteiger partial charge in [-0.3, -0.25) is 4.98 Å². The second kappa shape index (κ2) is 9.13. The molecule has 0 bridgehead atoms. The number of hydrogen-bond donors (Lipinski definition) is 0. The topological polar surface area (TPSA) is 29.9 Å². The van der Waals surface area contributed by atoms with Crippen molar-refractivity contribution in [2.24, 2.45) is 7.05 Å². The molecule has 1 fully saturated rings. The Morgan fingerprint density at radius 3 is 2.36 bits per heavy atom. The summed E-state index contributed by atoms with van der Waals surface area (Å²) in [7, 11) is 2.13. The van der Waals surface area contributed by atoms with Gasteiger partial charge in [0.15, 0.2) is 17.4 Å². The average molecular weight is 550 g/mol. The summed E-state index contributed by atoms with van der Waals surface area (Å²) in [6, 6.07) is 29.5. The molecule has 1 spiro atoms. The molecule has 42 heavy (non-hydrogen) atoms. The van der Waals surface area contributed by atoms with Crippen molar-refractivity contribution in [1.82, 2.24) is 4.98 Å². The van der Waals surface area contributed by atoms with Gasteiger partial charge in [-0.05, 0) is 83.0 Å². The Labute approximate surface area is 247 Å². The molecule has 8 rings (SSSR count). The van der Waals surface area contributed by atoms with Gasteiger partial charge >= 0.3 is 0 Å². The second-order valence-corrected chi connectivity index (χ2v) is 13.1. The van der Waals surface area contributed by atoms with Crippen LogP contribution < -0.4 is 4.57 Å². The predicted octanol–water partition coefficient (Wildman–Crippen LogP) is 9.34. The van der Waals surface area contributed by atoms with Gasteiger partial charge in [0.1, 0.15) is 12.6 Å². The standard InChI is InChI=1S/C39H37N2O/c1-25-14-16-28-36-34(13-10-21-40-36)42-37(28)35(25)33-24-27(18-22-41(33)4)26-15-17-30-32(23-26)39(19-8-5-9-20-39)31-12-7-6-11-29(31)38(30,2)3/h6-7,10-18,21-24H,5,8-9,19-20H2,1-4H3/q+1. The highest BCUT2D eigenvalue weighted by Crippen LogP contribution is 2.56. The van der Waals surface area contributed by atoms with E-state index in [1.54, 1.807) is 11.1 Å². The number of aromatic nitrogens is 2. The SMILES string of the molecule is Cc1ccc2c(oc3cccnc32)c1-c1cc(-c2ccc3c(c2)C2(CCCCC2)c2ccccc2C3(C)C)cc[n+]1C. The van der Waals surface area contributed by atoms with Crippen molar-refractivity contribution in [3.05, 3.63) is 119 Å². The van der Waals surface area contributed by atoms with Gasteiger partial charge in [0.2, 0.25) is 5.69 Å². The van der Waals surface area contributed by atoms with Crippen LogP contribution in [-0.2, 0) is 17.9 Å². The first-order valence-corrected chi connectivity index (χ1v) is 15.4. The molecule has 6 aromatic rings. The Bertz CT molecular complexity index is 2020. The molecule has 0 atom stereocenters. The van der Waals surface area contributed by atoms with Crippen molar-refractivity contribution in [2.75, 3.05) is 0 Å².